The minimum absolute atomic E-state index is 0.0375. The quantitative estimate of drug-likeness (QED) is 0.791. The van der Waals surface area contributed by atoms with Gasteiger partial charge in [0.15, 0.2) is 5.78 Å². The van der Waals surface area contributed by atoms with Crippen LogP contribution in [-0.2, 0) is 5.41 Å². The minimum atomic E-state index is -0.185. The molecular formula is C14H21NO2. The van der Waals surface area contributed by atoms with E-state index in [0.29, 0.717) is 18.5 Å². The average Bonchev–Trinajstić information content (AvgIpc) is 2.15. The minimum Gasteiger partial charge on any atom is -0.508 e. The summed E-state index contributed by atoms with van der Waals surface area (Å²) < 4.78 is 0. The number of carbonyl (C=O) groups is 1. The molecule has 0 saturated carbocycles. The van der Waals surface area contributed by atoms with Gasteiger partial charge in [0.2, 0.25) is 0 Å². The molecule has 0 spiro atoms. The van der Waals surface area contributed by atoms with Crippen LogP contribution in [0.4, 0.5) is 0 Å². The lowest BCUT2D eigenvalue weighted by atomic mass is 9.83. The van der Waals surface area contributed by atoms with Crippen LogP contribution in [0.3, 0.4) is 0 Å². The number of phenols is 1. The third-order valence-electron chi connectivity index (χ3n) is 2.82. The molecule has 0 fully saturated rings. The van der Waals surface area contributed by atoms with Crippen molar-refractivity contribution in [1.29, 1.82) is 0 Å². The normalized spacial score (nSPS) is 11.6. The standard InChI is InChI=1S/C14H21NO2/c1-9-7-13(17)11(14(2,3)4)8-10(9)12(16)5-6-15/h7-8,17H,5-6,15H2,1-4H3. The maximum absolute atomic E-state index is 11.9. The third kappa shape index (κ3) is 3.07. The molecule has 0 radical (unpaired) electrons. The summed E-state index contributed by atoms with van der Waals surface area (Å²) in [7, 11) is 0. The van der Waals surface area contributed by atoms with E-state index in [2.05, 4.69) is 0 Å². The SMILES string of the molecule is Cc1cc(O)c(C(C)(C)C)cc1C(=O)CCN. The summed E-state index contributed by atoms with van der Waals surface area (Å²) in [5, 5.41) is 9.93. The van der Waals surface area contributed by atoms with Gasteiger partial charge in [-0.1, -0.05) is 20.8 Å². The molecule has 0 unspecified atom stereocenters. The molecular weight excluding hydrogens is 214 g/mol. The Hall–Kier alpha value is -1.35. The highest BCUT2D eigenvalue weighted by atomic mass is 16.3. The van der Waals surface area contributed by atoms with Crippen molar-refractivity contribution in [3.05, 3.63) is 28.8 Å². The second kappa shape index (κ2) is 4.88. The van der Waals surface area contributed by atoms with Gasteiger partial charge >= 0.3 is 0 Å². The Morgan fingerprint density at radius 2 is 1.94 bits per heavy atom. The summed E-state index contributed by atoms with van der Waals surface area (Å²) in [6.45, 7) is 8.21. The fourth-order valence-electron chi connectivity index (χ4n) is 1.86. The summed E-state index contributed by atoms with van der Waals surface area (Å²) >= 11 is 0. The number of phenolic OH excluding ortho intramolecular Hbond substituents is 1. The first-order chi connectivity index (χ1) is 7.77. The van der Waals surface area contributed by atoms with Crippen molar-refractivity contribution in [2.75, 3.05) is 6.54 Å². The summed E-state index contributed by atoms with van der Waals surface area (Å²) in [4.78, 5) is 11.9. The molecule has 3 nitrogen and oxygen atoms in total. The van der Waals surface area contributed by atoms with E-state index in [1.807, 2.05) is 27.7 Å². The van der Waals surface area contributed by atoms with E-state index in [4.69, 9.17) is 5.73 Å². The van der Waals surface area contributed by atoms with E-state index < -0.39 is 0 Å². The molecule has 1 aromatic carbocycles. The molecule has 0 aliphatic heterocycles. The largest absolute Gasteiger partial charge is 0.508 e. The number of benzene rings is 1. The van der Waals surface area contributed by atoms with Gasteiger partial charge in [-0.15, -0.1) is 0 Å². The fourth-order valence-corrected chi connectivity index (χ4v) is 1.86. The Balaban J connectivity index is 3.29. The van der Waals surface area contributed by atoms with Crippen LogP contribution >= 0.6 is 0 Å². The lowest BCUT2D eigenvalue weighted by Crippen LogP contribution is -2.15. The first-order valence-corrected chi connectivity index (χ1v) is 5.84. The highest BCUT2D eigenvalue weighted by Gasteiger charge is 2.21. The van der Waals surface area contributed by atoms with Gasteiger partial charge in [-0.25, -0.2) is 0 Å². The van der Waals surface area contributed by atoms with Crippen LogP contribution in [0.2, 0.25) is 0 Å². The molecule has 1 aromatic rings. The maximum atomic E-state index is 11.9. The summed E-state index contributed by atoms with van der Waals surface area (Å²) in [5.74, 6) is 0.287. The highest BCUT2D eigenvalue weighted by molar-refractivity contribution is 5.98. The van der Waals surface area contributed by atoms with Crippen molar-refractivity contribution in [1.82, 2.24) is 0 Å². The van der Waals surface area contributed by atoms with Crippen LogP contribution < -0.4 is 5.73 Å². The van der Waals surface area contributed by atoms with Crippen LogP contribution in [-0.4, -0.2) is 17.4 Å². The van der Waals surface area contributed by atoms with Gasteiger partial charge in [0, 0.05) is 12.0 Å². The van der Waals surface area contributed by atoms with Crippen LogP contribution in [0.15, 0.2) is 12.1 Å². The zero-order valence-corrected chi connectivity index (χ0v) is 11.0. The summed E-state index contributed by atoms with van der Waals surface area (Å²) in [6.07, 6.45) is 0.342. The van der Waals surface area contributed by atoms with Gasteiger partial charge in [0.25, 0.3) is 0 Å². The number of rotatable bonds is 3. The highest BCUT2D eigenvalue weighted by Crippen LogP contribution is 2.33. The number of aromatic hydroxyl groups is 1. The van der Waals surface area contributed by atoms with Crippen molar-refractivity contribution >= 4 is 5.78 Å². The first kappa shape index (κ1) is 13.7. The smallest absolute Gasteiger partial charge is 0.164 e. The molecule has 0 aromatic heterocycles. The molecule has 0 aliphatic carbocycles. The first-order valence-electron chi connectivity index (χ1n) is 5.84. The van der Waals surface area contributed by atoms with E-state index in [1.165, 1.54) is 0 Å². The van der Waals surface area contributed by atoms with Crippen molar-refractivity contribution < 1.29 is 9.90 Å². The van der Waals surface area contributed by atoms with E-state index >= 15 is 0 Å². The average molecular weight is 235 g/mol. The molecule has 17 heavy (non-hydrogen) atoms. The fraction of sp³-hybridized carbons (Fsp3) is 0.500. The van der Waals surface area contributed by atoms with E-state index in [9.17, 15) is 9.90 Å². The van der Waals surface area contributed by atoms with Gasteiger partial charge in [-0.05, 0) is 42.1 Å². The Morgan fingerprint density at radius 1 is 1.35 bits per heavy atom. The molecule has 0 heterocycles. The Kier molecular flexibility index (Phi) is 3.94. The van der Waals surface area contributed by atoms with Gasteiger partial charge < -0.3 is 10.8 Å². The predicted octanol–water partition coefficient (Wildman–Crippen LogP) is 2.53. The second-order valence-corrected chi connectivity index (χ2v) is 5.40. The molecule has 94 valence electrons. The number of Topliss-reactive ketones (excluding diaryl/α,β-unsaturated/α-hetero) is 1. The van der Waals surface area contributed by atoms with Crippen molar-refractivity contribution in [2.24, 2.45) is 5.73 Å². The number of hydrogen-bond donors (Lipinski definition) is 2. The summed E-state index contributed by atoms with van der Waals surface area (Å²) in [5.41, 5.74) is 7.48. The monoisotopic (exact) mass is 235 g/mol. The van der Waals surface area contributed by atoms with Crippen LogP contribution in [0.25, 0.3) is 0 Å². The summed E-state index contributed by atoms with van der Waals surface area (Å²) in [6, 6.07) is 3.45. The van der Waals surface area contributed by atoms with Crippen LogP contribution in [0.1, 0.15) is 48.7 Å². The third-order valence-corrected chi connectivity index (χ3v) is 2.82. The Bertz CT molecular complexity index is 431. The topological polar surface area (TPSA) is 63.3 Å². The second-order valence-electron chi connectivity index (χ2n) is 5.40. The van der Waals surface area contributed by atoms with Crippen molar-refractivity contribution in [3.63, 3.8) is 0 Å². The van der Waals surface area contributed by atoms with E-state index in [1.54, 1.807) is 12.1 Å². The maximum Gasteiger partial charge on any atom is 0.164 e. The molecule has 1 rings (SSSR count). The molecule has 3 N–H and O–H groups in total. The number of ketones is 1. The van der Waals surface area contributed by atoms with Gasteiger partial charge in [-0.2, -0.15) is 0 Å². The number of carbonyl (C=O) groups excluding carboxylic acids is 1. The van der Waals surface area contributed by atoms with Gasteiger partial charge in [-0.3, -0.25) is 4.79 Å². The van der Waals surface area contributed by atoms with Crippen molar-refractivity contribution in [2.45, 2.75) is 39.5 Å². The molecule has 3 heteroatoms. The Labute approximate surface area is 103 Å². The molecule has 0 atom stereocenters. The predicted molar refractivity (Wildman–Crippen MR) is 69.5 cm³/mol. The number of nitrogens with two attached hydrogens (primary N) is 1. The number of hydrogen-bond acceptors (Lipinski definition) is 3. The van der Waals surface area contributed by atoms with Crippen LogP contribution in [0, 0.1) is 6.92 Å². The lowest BCUT2D eigenvalue weighted by molar-refractivity contribution is 0.0984. The van der Waals surface area contributed by atoms with E-state index in [-0.39, 0.29) is 16.9 Å². The zero-order valence-electron chi connectivity index (χ0n) is 11.0. The van der Waals surface area contributed by atoms with Crippen LogP contribution in [0.5, 0.6) is 5.75 Å². The number of aryl methyl sites for hydroxylation is 1. The van der Waals surface area contributed by atoms with Gasteiger partial charge in [0.05, 0.1) is 0 Å². The van der Waals surface area contributed by atoms with E-state index in [0.717, 1.165) is 11.1 Å². The molecule has 0 amide bonds. The zero-order chi connectivity index (χ0) is 13.2. The van der Waals surface area contributed by atoms with Gasteiger partial charge in [0.1, 0.15) is 5.75 Å². The van der Waals surface area contributed by atoms with Crippen molar-refractivity contribution in [3.8, 4) is 5.75 Å². The molecule has 0 bridgehead atoms. The molecule has 0 saturated heterocycles. The Morgan fingerprint density at radius 3 is 2.41 bits per heavy atom. The molecule has 0 aliphatic rings. The lowest BCUT2D eigenvalue weighted by Gasteiger charge is -2.22.